The van der Waals surface area contributed by atoms with Crippen LogP contribution in [0.3, 0.4) is 0 Å². The minimum Gasteiger partial charge on any atom is -0.366 e. The van der Waals surface area contributed by atoms with Gasteiger partial charge in [-0.2, -0.15) is 17.8 Å². The lowest BCUT2D eigenvalue weighted by Crippen LogP contribution is -2.54. The molecule has 1 atom stereocenters. The molecule has 6 heteroatoms. The molecule has 1 saturated heterocycles. The molecular formula is C25H40N2O3S. The number of piperazine rings is 1. The normalized spacial score (nSPS) is 27.4. The van der Waals surface area contributed by atoms with E-state index in [-0.39, 0.29) is 6.04 Å². The molecule has 0 radical (unpaired) electrons. The summed E-state index contributed by atoms with van der Waals surface area (Å²) in [5, 5.41) is 1.66. The number of benzene rings is 1. The zero-order valence-electron chi connectivity index (χ0n) is 19.9. The van der Waals surface area contributed by atoms with Gasteiger partial charge < -0.3 is 4.90 Å². The van der Waals surface area contributed by atoms with Gasteiger partial charge >= 0.3 is 0 Å². The van der Waals surface area contributed by atoms with Crippen molar-refractivity contribution >= 4 is 15.8 Å². The number of para-hydroxylation sites is 1. The van der Waals surface area contributed by atoms with Crippen LogP contribution in [-0.4, -0.2) is 45.4 Å². The molecule has 174 valence electrons. The van der Waals surface area contributed by atoms with E-state index in [0.29, 0.717) is 29.8 Å². The molecule has 1 aromatic rings. The molecule has 3 aliphatic rings. The molecule has 1 heterocycles. The molecule has 0 spiro atoms. The van der Waals surface area contributed by atoms with E-state index in [1.54, 1.807) is 5.06 Å². The predicted molar refractivity (Wildman–Crippen MR) is 127 cm³/mol. The summed E-state index contributed by atoms with van der Waals surface area (Å²) in [6, 6.07) is 9.26. The smallest absolute Gasteiger partial charge is 0.280 e. The summed E-state index contributed by atoms with van der Waals surface area (Å²) in [6.45, 7) is 11.7. The zero-order chi connectivity index (χ0) is 22.4. The maximum atomic E-state index is 11.7. The first kappa shape index (κ1) is 23.1. The van der Waals surface area contributed by atoms with E-state index in [4.69, 9.17) is 4.28 Å². The highest BCUT2D eigenvalue weighted by molar-refractivity contribution is 7.85. The van der Waals surface area contributed by atoms with Crippen LogP contribution < -0.4 is 4.90 Å². The highest BCUT2D eigenvalue weighted by Gasteiger charge is 2.41. The van der Waals surface area contributed by atoms with Crippen molar-refractivity contribution in [3.8, 4) is 0 Å². The summed E-state index contributed by atoms with van der Waals surface area (Å²) >= 11 is 0. The largest absolute Gasteiger partial charge is 0.366 e. The quantitative estimate of drug-likeness (QED) is 0.599. The Morgan fingerprint density at radius 1 is 1.03 bits per heavy atom. The highest BCUT2D eigenvalue weighted by atomic mass is 32.2. The molecule has 0 bridgehead atoms. The Kier molecular flexibility index (Phi) is 6.21. The van der Waals surface area contributed by atoms with Crippen molar-refractivity contribution in [3.05, 3.63) is 29.8 Å². The van der Waals surface area contributed by atoms with Crippen LogP contribution in [0.1, 0.15) is 77.7 Å². The van der Waals surface area contributed by atoms with Crippen molar-refractivity contribution in [2.45, 2.75) is 78.2 Å². The van der Waals surface area contributed by atoms with Crippen LogP contribution in [0.25, 0.3) is 0 Å². The lowest BCUT2D eigenvalue weighted by molar-refractivity contribution is -0.0654. The van der Waals surface area contributed by atoms with E-state index < -0.39 is 10.1 Å². The Hall–Kier alpha value is -1.11. The van der Waals surface area contributed by atoms with E-state index in [1.165, 1.54) is 43.4 Å². The Morgan fingerprint density at radius 2 is 1.68 bits per heavy atom. The fourth-order valence-corrected chi connectivity index (χ4v) is 7.02. The van der Waals surface area contributed by atoms with Crippen LogP contribution in [0.5, 0.6) is 0 Å². The standard InChI is InChI=1S/C25H40N2O3S/c1-24(2)15-20(16-25(3,4)18-24)22-8-6-7-9-23(22)27-13-12-26(30-31(5,28)29)17-21(27)14-19-10-11-19/h6-9,19-21H,10-18H2,1-5H3. The van der Waals surface area contributed by atoms with Gasteiger partial charge in [-0.25, -0.2) is 0 Å². The lowest BCUT2D eigenvalue weighted by Gasteiger charge is -2.47. The Morgan fingerprint density at radius 3 is 2.29 bits per heavy atom. The van der Waals surface area contributed by atoms with Gasteiger partial charge in [0.05, 0.1) is 6.26 Å². The minimum absolute atomic E-state index is 0.286. The third-order valence-corrected chi connectivity index (χ3v) is 7.71. The van der Waals surface area contributed by atoms with E-state index in [0.717, 1.165) is 25.1 Å². The SMILES string of the molecule is CC1(C)CC(c2ccccc2N2CCN(OS(C)(=O)=O)CC2CC2CC2)CC(C)(C)C1. The third kappa shape index (κ3) is 6.02. The highest BCUT2D eigenvalue weighted by Crippen LogP contribution is 2.53. The van der Waals surface area contributed by atoms with E-state index >= 15 is 0 Å². The van der Waals surface area contributed by atoms with E-state index in [9.17, 15) is 8.42 Å². The van der Waals surface area contributed by atoms with Crippen molar-refractivity contribution in [1.82, 2.24) is 5.06 Å². The molecule has 2 aliphatic carbocycles. The number of nitrogens with zero attached hydrogens (tertiary/aromatic N) is 2. The van der Waals surface area contributed by atoms with Gasteiger partial charge in [-0.15, -0.1) is 0 Å². The molecule has 1 unspecified atom stereocenters. The molecule has 3 fully saturated rings. The maximum absolute atomic E-state index is 11.7. The van der Waals surface area contributed by atoms with Crippen molar-refractivity contribution in [2.24, 2.45) is 16.7 Å². The number of hydroxylamine groups is 2. The van der Waals surface area contributed by atoms with E-state index in [2.05, 4.69) is 56.9 Å². The first-order valence-corrected chi connectivity index (χ1v) is 13.7. The molecule has 2 saturated carbocycles. The van der Waals surface area contributed by atoms with Gasteiger partial charge in [0, 0.05) is 31.4 Å². The summed E-state index contributed by atoms with van der Waals surface area (Å²) in [5.74, 6) is 1.33. The lowest BCUT2D eigenvalue weighted by atomic mass is 9.60. The van der Waals surface area contributed by atoms with Crippen molar-refractivity contribution in [3.63, 3.8) is 0 Å². The maximum Gasteiger partial charge on any atom is 0.280 e. The van der Waals surface area contributed by atoms with Crippen molar-refractivity contribution < 1.29 is 12.7 Å². The second kappa shape index (κ2) is 8.35. The number of hydrogen-bond acceptors (Lipinski definition) is 5. The van der Waals surface area contributed by atoms with Crippen LogP contribution in [-0.2, 0) is 14.4 Å². The predicted octanol–water partition coefficient (Wildman–Crippen LogP) is 5.19. The number of rotatable bonds is 6. The fourth-order valence-electron chi connectivity index (χ4n) is 6.50. The molecule has 31 heavy (non-hydrogen) atoms. The van der Waals surface area contributed by atoms with Gasteiger partial charge in [0.2, 0.25) is 0 Å². The number of hydrogen-bond donors (Lipinski definition) is 0. The summed E-state index contributed by atoms with van der Waals surface area (Å²) in [7, 11) is -3.49. The molecular weight excluding hydrogens is 408 g/mol. The van der Waals surface area contributed by atoms with Crippen molar-refractivity contribution in [1.29, 1.82) is 0 Å². The van der Waals surface area contributed by atoms with Crippen LogP contribution in [0.2, 0.25) is 0 Å². The molecule has 5 nitrogen and oxygen atoms in total. The molecule has 1 aliphatic heterocycles. The van der Waals surface area contributed by atoms with Gasteiger partial charge in [0.25, 0.3) is 10.1 Å². The topological polar surface area (TPSA) is 49.9 Å². The molecule has 4 rings (SSSR count). The Balaban J connectivity index is 1.61. The molecule has 1 aromatic carbocycles. The first-order chi connectivity index (χ1) is 14.4. The Labute approximate surface area is 189 Å². The third-order valence-electron chi connectivity index (χ3n) is 7.23. The van der Waals surface area contributed by atoms with E-state index in [1.807, 2.05) is 0 Å². The van der Waals surface area contributed by atoms with Crippen molar-refractivity contribution in [2.75, 3.05) is 30.8 Å². The van der Waals surface area contributed by atoms with Crippen LogP contribution in [0.15, 0.2) is 24.3 Å². The molecule has 0 amide bonds. The monoisotopic (exact) mass is 448 g/mol. The van der Waals surface area contributed by atoms with Gasteiger partial charge in [0.15, 0.2) is 0 Å². The Bertz CT molecular complexity index is 876. The van der Waals surface area contributed by atoms with Crippen LogP contribution in [0, 0.1) is 16.7 Å². The summed E-state index contributed by atoms with van der Waals surface area (Å²) in [6.07, 6.45) is 8.55. The summed E-state index contributed by atoms with van der Waals surface area (Å²) in [5.41, 5.74) is 3.51. The van der Waals surface area contributed by atoms with Crippen LogP contribution >= 0.6 is 0 Å². The second-order valence-corrected chi connectivity index (χ2v) is 13.4. The number of anilines is 1. The van der Waals surface area contributed by atoms with Gasteiger partial charge in [-0.3, -0.25) is 0 Å². The fraction of sp³-hybridized carbons (Fsp3) is 0.760. The molecule has 0 aromatic heterocycles. The summed E-state index contributed by atoms with van der Waals surface area (Å²) < 4.78 is 28.7. The van der Waals surface area contributed by atoms with Crippen LogP contribution in [0.4, 0.5) is 5.69 Å². The second-order valence-electron chi connectivity index (χ2n) is 11.9. The van der Waals surface area contributed by atoms with Gasteiger partial charge in [-0.05, 0) is 60.0 Å². The minimum atomic E-state index is -3.49. The molecule has 0 N–H and O–H groups in total. The zero-order valence-corrected chi connectivity index (χ0v) is 20.7. The summed E-state index contributed by atoms with van der Waals surface area (Å²) in [4.78, 5) is 2.56. The average Bonchev–Trinajstić information content (AvgIpc) is 3.42. The van der Waals surface area contributed by atoms with Gasteiger partial charge in [0.1, 0.15) is 0 Å². The average molecular weight is 449 g/mol. The van der Waals surface area contributed by atoms with Gasteiger partial charge in [-0.1, -0.05) is 58.7 Å². The first-order valence-electron chi connectivity index (χ1n) is 11.9.